The van der Waals surface area contributed by atoms with Gasteiger partial charge < -0.3 is 9.73 Å². The maximum Gasteiger partial charge on any atom is 0.288 e. The molecule has 0 aliphatic rings. The Hall–Kier alpha value is -0.590. The summed E-state index contributed by atoms with van der Waals surface area (Å²) in [5.41, 5.74) is 0.636. The van der Waals surface area contributed by atoms with Crippen molar-refractivity contribution in [1.82, 2.24) is 10.3 Å². The number of hydrogen-bond donors (Lipinski definition) is 1. The molecule has 0 saturated carbocycles. The Morgan fingerprint density at radius 3 is 3.00 bits per heavy atom. The molecule has 0 aliphatic carbocycles. The number of aryl methyl sites for hydroxylation is 1. The second kappa shape index (κ2) is 6.00. The van der Waals surface area contributed by atoms with E-state index in [1.165, 1.54) is 6.39 Å². The zero-order valence-corrected chi connectivity index (χ0v) is 10.2. The van der Waals surface area contributed by atoms with Crippen LogP contribution in [-0.4, -0.2) is 21.9 Å². The molecule has 0 bridgehead atoms. The normalized spacial score (nSPS) is 10.1. The monoisotopic (exact) mass is 308 g/mol. The highest BCUT2D eigenvalue weighted by Crippen LogP contribution is 2.04. The summed E-state index contributed by atoms with van der Waals surface area (Å²) in [6.45, 7) is 2.45. The SMILES string of the molecule is Cc1ncoc1C(=O)NCCCCI. The summed E-state index contributed by atoms with van der Waals surface area (Å²) >= 11 is 2.32. The van der Waals surface area contributed by atoms with E-state index < -0.39 is 0 Å². The Bertz CT molecular complexity index is 299. The molecular formula is C9H13IN2O2. The van der Waals surface area contributed by atoms with Gasteiger partial charge in [0, 0.05) is 6.54 Å². The van der Waals surface area contributed by atoms with Crippen molar-refractivity contribution in [2.45, 2.75) is 19.8 Å². The number of amides is 1. The van der Waals surface area contributed by atoms with Crippen LogP contribution in [0.15, 0.2) is 10.8 Å². The molecule has 0 atom stereocenters. The lowest BCUT2D eigenvalue weighted by Gasteiger charge is -2.01. The molecule has 0 radical (unpaired) electrons. The molecule has 0 aliphatic heterocycles. The number of oxazole rings is 1. The fourth-order valence-corrected chi connectivity index (χ4v) is 1.56. The summed E-state index contributed by atoms with van der Waals surface area (Å²) in [4.78, 5) is 15.3. The molecule has 14 heavy (non-hydrogen) atoms. The fraction of sp³-hybridized carbons (Fsp3) is 0.556. The third-order valence-electron chi connectivity index (χ3n) is 1.80. The van der Waals surface area contributed by atoms with Gasteiger partial charge in [0.05, 0.1) is 5.69 Å². The molecule has 1 amide bonds. The van der Waals surface area contributed by atoms with Crippen molar-refractivity contribution < 1.29 is 9.21 Å². The molecule has 5 heteroatoms. The van der Waals surface area contributed by atoms with E-state index in [1.54, 1.807) is 6.92 Å². The predicted octanol–water partition coefficient (Wildman–Crippen LogP) is 1.93. The van der Waals surface area contributed by atoms with Gasteiger partial charge in [-0.1, -0.05) is 22.6 Å². The average molecular weight is 308 g/mol. The maximum absolute atomic E-state index is 11.4. The highest BCUT2D eigenvalue weighted by Gasteiger charge is 2.12. The minimum atomic E-state index is -0.173. The van der Waals surface area contributed by atoms with Gasteiger partial charge in [-0.05, 0) is 24.2 Å². The van der Waals surface area contributed by atoms with Crippen LogP contribution >= 0.6 is 22.6 Å². The van der Waals surface area contributed by atoms with Crippen molar-refractivity contribution in [3.05, 3.63) is 17.8 Å². The van der Waals surface area contributed by atoms with E-state index in [2.05, 4.69) is 32.9 Å². The highest BCUT2D eigenvalue weighted by atomic mass is 127. The van der Waals surface area contributed by atoms with Crippen LogP contribution in [0.1, 0.15) is 29.1 Å². The van der Waals surface area contributed by atoms with Crippen molar-refractivity contribution >= 4 is 28.5 Å². The first-order chi connectivity index (χ1) is 6.75. The molecule has 1 aromatic rings. The van der Waals surface area contributed by atoms with Gasteiger partial charge in [-0.3, -0.25) is 4.79 Å². The number of aromatic nitrogens is 1. The molecule has 78 valence electrons. The molecule has 4 nitrogen and oxygen atoms in total. The van der Waals surface area contributed by atoms with E-state index in [9.17, 15) is 4.79 Å². The first-order valence-electron chi connectivity index (χ1n) is 4.50. The van der Waals surface area contributed by atoms with Crippen LogP contribution < -0.4 is 5.32 Å². The molecule has 0 fully saturated rings. The Labute approximate surface area is 96.6 Å². The van der Waals surface area contributed by atoms with Gasteiger partial charge in [-0.25, -0.2) is 4.98 Å². The standard InChI is InChI=1S/C9H13IN2O2/c1-7-8(14-6-12-7)9(13)11-5-3-2-4-10/h6H,2-5H2,1H3,(H,11,13). The molecule has 0 saturated heterocycles. The average Bonchev–Trinajstić information content (AvgIpc) is 2.59. The number of carbonyl (C=O) groups is 1. The summed E-state index contributed by atoms with van der Waals surface area (Å²) in [5.74, 6) is 0.146. The quantitative estimate of drug-likeness (QED) is 0.514. The maximum atomic E-state index is 11.4. The summed E-state index contributed by atoms with van der Waals surface area (Å²) in [6.07, 6.45) is 3.41. The van der Waals surface area contributed by atoms with E-state index in [0.29, 0.717) is 18.0 Å². The summed E-state index contributed by atoms with van der Waals surface area (Å²) in [5, 5.41) is 2.78. The van der Waals surface area contributed by atoms with E-state index in [1.807, 2.05) is 0 Å². The van der Waals surface area contributed by atoms with Crippen LogP contribution in [0.5, 0.6) is 0 Å². The molecule has 1 N–H and O–H groups in total. The van der Waals surface area contributed by atoms with Gasteiger partial charge in [-0.15, -0.1) is 0 Å². The first-order valence-corrected chi connectivity index (χ1v) is 6.02. The Morgan fingerprint density at radius 2 is 2.43 bits per heavy atom. The fourth-order valence-electron chi connectivity index (χ4n) is 1.02. The van der Waals surface area contributed by atoms with Gasteiger partial charge >= 0.3 is 0 Å². The number of hydrogen-bond acceptors (Lipinski definition) is 3. The van der Waals surface area contributed by atoms with E-state index in [-0.39, 0.29) is 5.91 Å². The number of alkyl halides is 1. The number of nitrogens with one attached hydrogen (secondary N) is 1. The third-order valence-corrected chi connectivity index (χ3v) is 2.56. The van der Waals surface area contributed by atoms with Gasteiger partial charge in [0.2, 0.25) is 5.76 Å². The van der Waals surface area contributed by atoms with E-state index in [4.69, 9.17) is 4.42 Å². The second-order valence-corrected chi connectivity index (χ2v) is 4.00. The number of carbonyl (C=O) groups excluding carboxylic acids is 1. The Morgan fingerprint density at radius 1 is 1.64 bits per heavy atom. The molecule has 1 rings (SSSR count). The minimum Gasteiger partial charge on any atom is -0.438 e. The lowest BCUT2D eigenvalue weighted by Crippen LogP contribution is -2.24. The Balaban J connectivity index is 2.32. The zero-order valence-electron chi connectivity index (χ0n) is 8.05. The van der Waals surface area contributed by atoms with Crippen molar-refractivity contribution in [2.24, 2.45) is 0 Å². The predicted molar refractivity (Wildman–Crippen MR) is 61.7 cm³/mol. The van der Waals surface area contributed by atoms with Crippen molar-refractivity contribution in [2.75, 3.05) is 11.0 Å². The lowest BCUT2D eigenvalue weighted by molar-refractivity contribution is 0.0924. The molecule has 0 unspecified atom stereocenters. The highest BCUT2D eigenvalue weighted by molar-refractivity contribution is 14.1. The van der Waals surface area contributed by atoms with Crippen LogP contribution in [0.3, 0.4) is 0 Å². The topological polar surface area (TPSA) is 55.1 Å². The number of unbranched alkanes of at least 4 members (excludes halogenated alkanes) is 1. The van der Waals surface area contributed by atoms with Crippen molar-refractivity contribution in [3.8, 4) is 0 Å². The molecule has 0 aromatic carbocycles. The smallest absolute Gasteiger partial charge is 0.288 e. The molecule has 1 aromatic heterocycles. The van der Waals surface area contributed by atoms with Crippen LogP contribution in [0, 0.1) is 6.92 Å². The van der Waals surface area contributed by atoms with Crippen LogP contribution in [0.2, 0.25) is 0 Å². The third kappa shape index (κ3) is 3.28. The Kier molecular flexibility index (Phi) is 4.92. The van der Waals surface area contributed by atoms with Crippen LogP contribution in [0.25, 0.3) is 0 Å². The van der Waals surface area contributed by atoms with Gasteiger partial charge in [0.1, 0.15) is 0 Å². The summed E-state index contributed by atoms with van der Waals surface area (Å²) in [6, 6.07) is 0. The largest absolute Gasteiger partial charge is 0.438 e. The van der Waals surface area contributed by atoms with Gasteiger partial charge in [0.15, 0.2) is 6.39 Å². The zero-order chi connectivity index (χ0) is 10.4. The molecular weight excluding hydrogens is 295 g/mol. The van der Waals surface area contributed by atoms with Gasteiger partial charge in [-0.2, -0.15) is 0 Å². The van der Waals surface area contributed by atoms with Crippen molar-refractivity contribution in [3.63, 3.8) is 0 Å². The van der Waals surface area contributed by atoms with Crippen LogP contribution in [-0.2, 0) is 0 Å². The van der Waals surface area contributed by atoms with E-state index in [0.717, 1.165) is 17.3 Å². The lowest BCUT2D eigenvalue weighted by atomic mass is 10.3. The minimum absolute atomic E-state index is 0.173. The van der Waals surface area contributed by atoms with E-state index >= 15 is 0 Å². The molecule has 0 spiro atoms. The number of halogens is 1. The summed E-state index contributed by atoms with van der Waals surface area (Å²) < 4.78 is 6.08. The van der Waals surface area contributed by atoms with Crippen LogP contribution in [0.4, 0.5) is 0 Å². The van der Waals surface area contributed by atoms with Gasteiger partial charge in [0.25, 0.3) is 5.91 Å². The number of rotatable bonds is 5. The second-order valence-electron chi connectivity index (χ2n) is 2.92. The van der Waals surface area contributed by atoms with Crippen molar-refractivity contribution in [1.29, 1.82) is 0 Å². The summed E-state index contributed by atoms with van der Waals surface area (Å²) in [7, 11) is 0. The first kappa shape index (κ1) is 11.5. The molecule has 1 heterocycles. The number of nitrogens with zero attached hydrogens (tertiary/aromatic N) is 1.